The van der Waals surface area contributed by atoms with Gasteiger partial charge in [-0.2, -0.15) is 13.2 Å². The van der Waals surface area contributed by atoms with Crippen LogP contribution >= 0.6 is 0 Å². The van der Waals surface area contributed by atoms with E-state index in [0.717, 1.165) is 12.1 Å². The number of benzene rings is 1. The van der Waals surface area contributed by atoms with E-state index >= 15 is 0 Å². The molecule has 0 radical (unpaired) electrons. The van der Waals surface area contributed by atoms with Gasteiger partial charge in [-0.15, -0.1) is 0 Å². The molecule has 0 saturated heterocycles. The molecule has 0 fully saturated rings. The number of alkyl halides is 3. The van der Waals surface area contributed by atoms with Gasteiger partial charge in [0.2, 0.25) is 0 Å². The van der Waals surface area contributed by atoms with Crippen molar-refractivity contribution < 1.29 is 32.6 Å². The fraction of sp³-hybridized carbons (Fsp3) is 0.348. The van der Waals surface area contributed by atoms with Crippen LogP contribution in [0.4, 0.5) is 23.2 Å². The monoisotopic (exact) mass is 484 g/mol. The zero-order valence-corrected chi connectivity index (χ0v) is 19.1. The standard InChI is InChI=1S/C21H22F4N4O3.C2H6/c1-12(26)19(20(32)28-4-5-30)18(11-31)29-16-2-3-27-17(10-16)8-13-6-14(21(23,24)25)9-15(22)7-13;1-2/h2-3,6-7,9-10,30-31H,4-5,8,11,26H2,1H3,(H,28,32);1-2H3/b19-12+,29-18?;. The van der Waals surface area contributed by atoms with Gasteiger partial charge in [-0.25, -0.2) is 9.38 Å². The molecule has 0 unspecified atom stereocenters. The smallest absolute Gasteiger partial charge is 0.402 e. The summed E-state index contributed by atoms with van der Waals surface area (Å²) in [5, 5.41) is 21.0. The summed E-state index contributed by atoms with van der Waals surface area (Å²) in [6.45, 7) is 4.49. The van der Waals surface area contributed by atoms with Gasteiger partial charge in [0.05, 0.1) is 35.7 Å². The van der Waals surface area contributed by atoms with Gasteiger partial charge < -0.3 is 21.3 Å². The highest BCUT2D eigenvalue weighted by atomic mass is 19.4. The van der Waals surface area contributed by atoms with Crippen LogP contribution in [0.25, 0.3) is 0 Å². The number of allylic oxidation sites excluding steroid dienone is 1. The van der Waals surface area contributed by atoms with Gasteiger partial charge in [0.25, 0.3) is 5.91 Å². The number of amides is 1. The average Bonchev–Trinajstić information content (AvgIpc) is 2.77. The molecule has 1 heterocycles. The van der Waals surface area contributed by atoms with E-state index in [2.05, 4.69) is 15.3 Å². The largest absolute Gasteiger partial charge is 0.416 e. The molecule has 0 aliphatic carbocycles. The molecular formula is C23H28F4N4O3. The van der Waals surface area contributed by atoms with Crippen molar-refractivity contribution in [3.8, 4) is 0 Å². The van der Waals surface area contributed by atoms with E-state index in [-0.39, 0.29) is 47.8 Å². The van der Waals surface area contributed by atoms with Crippen LogP contribution in [0.3, 0.4) is 0 Å². The van der Waals surface area contributed by atoms with E-state index in [1.54, 1.807) is 0 Å². The maximum atomic E-state index is 13.6. The SMILES string of the molecule is C/C(N)=C(\C(=O)NCCO)C(CO)=Nc1ccnc(Cc2cc(F)cc(C(F)(F)F)c2)c1.CC. The van der Waals surface area contributed by atoms with Crippen molar-refractivity contribution >= 4 is 17.3 Å². The third-order valence-corrected chi connectivity index (χ3v) is 4.19. The molecule has 1 aromatic carbocycles. The molecule has 0 aliphatic rings. The predicted octanol–water partition coefficient (Wildman–Crippen LogP) is 3.26. The van der Waals surface area contributed by atoms with Crippen molar-refractivity contribution in [2.45, 2.75) is 33.4 Å². The topological polar surface area (TPSA) is 121 Å². The normalized spacial score (nSPS) is 12.4. The molecule has 0 saturated carbocycles. The number of carbonyl (C=O) groups excluding carboxylic acids is 1. The minimum atomic E-state index is -4.69. The summed E-state index contributed by atoms with van der Waals surface area (Å²) in [6, 6.07) is 5.13. The Labute approximate surface area is 195 Å². The Balaban J connectivity index is 0.00000281. The Morgan fingerprint density at radius 3 is 2.41 bits per heavy atom. The third-order valence-electron chi connectivity index (χ3n) is 4.19. The number of nitrogens with zero attached hydrogens (tertiary/aromatic N) is 2. The van der Waals surface area contributed by atoms with Crippen LogP contribution in [-0.2, 0) is 17.4 Å². The molecule has 1 amide bonds. The van der Waals surface area contributed by atoms with Gasteiger partial charge in [0.15, 0.2) is 0 Å². The highest BCUT2D eigenvalue weighted by Gasteiger charge is 2.31. The molecule has 5 N–H and O–H groups in total. The van der Waals surface area contributed by atoms with Gasteiger partial charge in [0.1, 0.15) is 5.82 Å². The summed E-state index contributed by atoms with van der Waals surface area (Å²) in [6.07, 6.45) is -3.45. The number of nitrogens with two attached hydrogens (primary N) is 1. The number of pyridine rings is 1. The first-order valence-electron chi connectivity index (χ1n) is 10.4. The summed E-state index contributed by atoms with van der Waals surface area (Å²) in [5.41, 5.74) is 5.22. The van der Waals surface area contributed by atoms with Crippen LogP contribution in [0.2, 0.25) is 0 Å². The Hall–Kier alpha value is -3.31. The number of aliphatic imine (C=N–C) groups is 1. The predicted molar refractivity (Wildman–Crippen MR) is 121 cm³/mol. The van der Waals surface area contributed by atoms with Gasteiger partial charge in [0, 0.05) is 30.6 Å². The molecule has 0 bridgehead atoms. The number of carbonyl (C=O) groups is 1. The number of hydrogen-bond donors (Lipinski definition) is 4. The van der Waals surface area contributed by atoms with E-state index < -0.39 is 30.1 Å². The van der Waals surface area contributed by atoms with Gasteiger partial charge >= 0.3 is 6.18 Å². The summed E-state index contributed by atoms with van der Waals surface area (Å²) in [5.74, 6) is -1.66. The van der Waals surface area contributed by atoms with Crippen molar-refractivity contribution in [1.29, 1.82) is 0 Å². The minimum Gasteiger partial charge on any atom is -0.402 e. The highest BCUT2D eigenvalue weighted by molar-refractivity contribution is 6.23. The quantitative estimate of drug-likeness (QED) is 0.260. The second kappa shape index (κ2) is 13.4. The zero-order chi connectivity index (χ0) is 25.9. The molecule has 2 rings (SSSR count). The van der Waals surface area contributed by atoms with E-state index in [1.165, 1.54) is 25.3 Å². The van der Waals surface area contributed by atoms with Crippen molar-refractivity contribution in [1.82, 2.24) is 10.3 Å². The number of rotatable bonds is 8. The Bertz CT molecular complexity index is 1030. The maximum absolute atomic E-state index is 13.6. The van der Waals surface area contributed by atoms with Crippen molar-refractivity contribution in [2.24, 2.45) is 10.7 Å². The summed E-state index contributed by atoms with van der Waals surface area (Å²) in [7, 11) is 0. The molecule has 11 heteroatoms. The maximum Gasteiger partial charge on any atom is 0.416 e. The lowest BCUT2D eigenvalue weighted by Crippen LogP contribution is -2.33. The summed E-state index contributed by atoms with van der Waals surface area (Å²) in [4.78, 5) is 20.6. The van der Waals surface area contributed by atoms with E-state index in [0.29, 0.717) is 11.8 Å². The van der Waals surface area contributed by atoms with Gasteiger partial charge in [-0.05, 0) is 42.8 Å². The third kappa shape index (κ3) is 8.56. The van der Waals surface area contributed by atoms with Crippen molar-refractivity contribution in [3.05, 3.63) is 70.4 Å². The van der Waals surface area contributed by atoms with Crippen LogP contribution in [0.15, 0.2) is 52.8 Å². The van der Waals surface area contributed by atoms with E-state index in [1.807, 2.05) is 13.8 Å². The average molecular weight is 484 g/mol. The van der Waals surface area contributed by atoms with Crippen LogP contribution < -0.4 is 11.1 Å². The Morgan fingerprint density at radius 2 is 1.85 bits per heavy atom. The lowest BCUT2D eigenvalue weighted by Gasteiger charge is -2.12. The Kier molecular flexibility index (Phi) is 11.3. The molecule has 34 heavy (non-hydrogen) atoms. The minimum absolute atomic E-state index is 0.0265. The first kappa shape index (κ1) is 28.7. The lowest BCUT2D eigenvalue weighted by atomic mass is 10.0. The molecule has 7 nitrogen and oxygen atoms in total. The second-order valence-electron chi connectivity index (χ2n) is 6.78. The molecule has 0 spiro atoms. The summed E-state index contributed by atoms with van der Waals surface area (Å²) < 4.78 is 52.4. The van der Waals surface area contributed by atoms with Crippen molar-refractivity contribution in [2.75, 3.05) is 19.8 Å². The number of aromatic nitrogens is 1. The highest BCUT2D eigenvalue weighted by Crippen LogP contribution is 2.31. The van der Waals surface area contributed by atoms with Crippen molar-refractivity contribution in [3.63, 3.8) is 0 Å². The van der Waals surface area contributed by atoms with Crippen LogP contribution in [0, 0.1) is 5.82 Å². The van der Waals surface area contributed by atoms with E-state index in [9.17, 15) is 27.5 Å². The first-order chi connectivity index (χ1) is 16.0. The number of hydrogen-bond acceptors (Lipinski definition) is 6. The molecule has 2 aromatic rings. The van der Waals surface area contributed by atoms with Gasteiger partial charge in [-0.1, -0.05) is 13.8 Å². The Morgan fingerprint density at radius 1 is 1.18 bits per heavy atom. The van der Waals surface area contributed by atoms with Crippen LogP contribution in [0.5, 0.6) is 0 Å². The molecule has 1 aromatic heterocycles. The summed E-state index contributed by atoms with van der Waals surface area (Å²) >= 11 is 0. The number of halogens is 4. The first-order valence-corrected chi connectivity index (χ1v) is 10.4. The molecule has 0 atom stereocenters. The fourth-order valence-electron chi connectivity index (χ4n) is 2.88. The van der Waals surface area contributed by atoms with Gasteiger partial charge in [-0.3, -0.25) is 9.78 Å². The zero-order valence-electron chi connectivity index (χ0n) is 19.1. The number of nitrogens with one attached hydrogen (secondary N) is 1. The molecule has 0 aliphatic heterocycles. The lowest BCUT2D eigenvalue weighted by molar-refractivity contribution is -0.137. The molecular weight excluding hydrogens is 456 g/mol. The van der Waals surface area contributed by atoms with Crippen LogP contribution in [0.1, 0.15) is 37.6 Å². The van der Waals surface area contributed by atoms with Crippen LogP contribution in [-0.4, -0.2) is 46.6 Å². The second-order valence-corrected chi connectivity index (χ2v) is 6.78. The number of aliphatic hydroxyl groups excluding tert-OH is 2. The van der Waals surface area contributed by atoms with E-state index in [4.69, 9.17) is 10.8 Å². The molecule has 186 valence electrons. The fourth-order valence-corrected chi connectivity index (χ4v) is 2.88. The number of aliphatic hydroxyl groups is 2.